The van der Waals surface area contributed by atoms with E-state index in [1.807, 2.05) is 22.9 Å². The lowest BCUT2D eigenvalue weighted by atomic mass is 10.3. The summed E-state index contributed by atoms with van der Waals surface area (Å²) in [5.41, 5.74) is 0.594. The second-order valence-electron chi connectivity index (χ2n) is 6.53. The lowest BCUT2D eigenvalue weighted by Crippen LogP contribution is -2.41. The first kappa shape index (κ1) is 17.4. The van der Waals surface area contributed by atoms with E-state index in [1.54, 1.807) is 0 Å². The van der Waals surface area contributed by atoms with Crippen LogP contribution >= 0.6 is 11.3 Å². The highest BCUT2D eigenvalue weighted by molar-refractivity contribution is 7.17. The lowest BCUT2D eigenvalue weighted by Gasteiger charge is -2.26. The highest BCUT2D eigenvalue weighted by Gasteiger charge is 2.20. The van der Waals surface area contributed by atoms with E-state index >= 15 is 0 Å². The highest BCUT2D eigenvalue weighted by atomic mass is 32.1. The zero-order valence-electron chi connectivity index (χ0n) is 14.8. The number of anilines is 1. The molecule has 0 saturated carbocycles. The molecule has 2 saturated heterocycles. The van der Waals surface area contributed by atoms with Gasteiger partial charge in [-0.2, -0.15) is 0 Å². The fourth-order valence-electron chi connectivity index (χ4n) is 3.32. The van der Waals surface area contributed by atoms with Gasteiger partial charge in [-0.3, -0.25) is 14.3 Å². The molecule has 0 atom stereocenters. The summed E-state index contributed by atoms with van der Waals surface area (Å²) < 4.78 is 7.16. The molecule has 4 heterocycles. The molecule has 1 amide bonds. The van der Waals surface area contributed by atoms with Crippen molar-refractivity contribution < 1.29 is 9.53 Å². The van der Waals surface area contributed by atoms with Crippen molar-refractivity contribution in [2.75, 3.05) is 57.4 Å². The smallest absolute Gasteiger partial charge is 0.268 e. The van der Waals surface area contributed by atoms with Gasteiger partial charge in [0.2, 0.25) is 10.3 Å². The third kappa shape index (κ3) is 3.89. The number of ether oxygens (including phenoxy) is 1. The monoisotopic (exact) mass is 376 g/mol. The SMILES string of the molecule is O=C(NCCN1CCOCC1)c1cccn1-c1nnc(N2CCCC2)s1. The number of hydrogen-bond donors (Lipinski definition) is 1. The van der Waals surface area contributed by atoms with Crippen LogP contribution in [-0.2, 0) is 4.74 Å². The zero-order chi connectivity index (χ0) is 17.8. The quantitative estimate of drug-likeness (QED) is 0.810. The molecule has 1 N–H and O–H groups in total. The average Bonchev–Trinajstić information content (AvgIpc) is 3.42. The number of aromatic nitrogens is 3. The van der Waals surface area contributed by atoms with Crippen molar-refractivity contribution in [3.63, 3.8) is 0 Å². The van der Waals surface area contributed by atoms with E-state index in [1.165, 1.54) is 24.2 Å². The number of rotatable bonds is 6. The van der Waals surface area contributed by atoms with Crippen LogP contribution in [0.5, 0.6) is 0 Å². The van der Waals surface area contributed by atoms with E-state index < -0.39 is 0 Å². The summed E-state index contributed by atoms with van der Waals surface area (Å²) in [7, 11) is 0. The van der Waals surface area contributed by atoms with Crippen molar-refractivity contribution in [2.24, 2.45) is 0 Å². The number of carbonyl (C=O) groups excluding carboxylic acids is 1. The second-order valence-corrected chi connectivity index (χ2v) is 7.47. The molecular weight excluding hydrogens is 352 g/mol. The maximum Gasteiger partial charge on any atom is 0.268 e. The van der Waals surface area contributed by atoms with Crippen molar-refractivity contribution in [1.82, 2.24) is 25.0 Å². The second kappa shape index (κ2) is 8.15. The van der Waals surface area contributed by atoms with Crippen LogP contribution in [0.3, 0.4) is 0 Å². The lowest BCUT2D eigenvalue weighted by molar-refractivity contribution is 0.0383. The normalized spacial score (nSPS) is 18.4. The van der Waals surface area contributed by atoms with Crippen LogP contribution in [-0.4, -0.2) is 78.1 Å². The maximum atomic E-state index is 12.6. The molecule has 140 valence electrons. The molecule has 0 radical (unpaired) electrons. The molecule has 2 aliphatic rings. The molecule has 2 aromatic rings. The summed E-state index contributed by atoms with van der Waals surface area (Å²) in [4.78, 5) is 17.1. The highest BCUT2D eigenvalue weighted by Crippen LogP contribution is 2.27. The number of carbonyl (C=O) groups is 1. The van der Waals surface area contributed by atoms with Crippen LogP contribution in [0.1, 0.15) is 23.3 Å². The van der Waals surface area contributed by atoms with E-state index in [0.717, 1.165) is 56.2 Å². The molecule has 0 aromatic carbocycles. The number of morpholine rings is 1. The first-order valence-corrected chi connectivity index (χ1v) is 9.97. The van der Waals surface area contributed by atoms with Crippen LogP contribution in [0.4, 0.5) is 5.13 Å². The molecule has 2 aromatic heterocycles. The fraction of sp³-hybridized carbons (Fsp3) is 0.588. The van der Waals surface area contributed by atoms with Crippen LogP contribution in [0, 0.1) is 0 Å². The minimum absolute atomic E-state index is 0.0822. The number of hydrogen-bond acceptors (Lipinski definition) is 7. The van der Waals surface area contributed by atoms with Gasteiger partial charge in [0.25, 0.3) is 5.91 Å². The number of amides is 1. The van der Waals surface area contributed by atoms with Gasteiger partial charge in [0.1, 0.15) is 5.69 Å². The van der Waals surface area contributed by atoms with Gasteiger partial charge < -0.3 is 15.0 Å². The summed E-state index contributed by atoms with van der Waals surface area (Å²) in [5.74, 6) is -0.0822. The Bertz CT molecular complexity index is 733. The minimum Gasteiger partial charge on any atom is -0.379 e. The van der Waals surface area contributed by atoms with E-state index in [0.29, 0.717) is 12.2 Å². The molecule has 9 heteroatoms. The first-order chi connectivity index (χ1) is 12.8. The Morgan fingerprint density at radius 1 is 1.15 bits per heavy atom. The molecule has 0 bridgehead atoms. The Morgan fingerprint density at radius 2 is 1.92 bits per heavy atom. The van der Waals surface area contributed by atoms with Crippen LogP contribution < -0.4 is 10.2 Å². The third-order valence-corrected chi connectivity index (χ3v) is 5.77. The minimum atomic E-state index is -0.0822. The van der Waals surface area contributed by atoms with Crippen LogP contribution in [0.25, 0.3) is 5.13 Å². The molecule has 0 unspecified atom stereocenters. The molecule has 0 aliphatic carbocycles. The standard InChI is InChI=1S/C17H24N6O2S/c24-15(18-5-9-21-10-12-25-13-11-21)14-4-3-8-23(14)17-20-19-16(26-17)22-6-1-2-7-22/h3-4,8H,1-2,5-7,9-13H2,(H,18,24). The zero-order valence-corrected chi connectivity index (χ0v) is 15.6. The summed E-state index contributed by atoms with van der Waals surface area (Å²) in [6.45, 7) is 6.93. The Morgan fingerprint density at radius 3 is 2.73 bits per heavy atom. The molecule has 2 aliphatic heterocycles. The van der Waals surface area contributed by atoms with Crippen molar-refractivity contribution >= 4 is 22.4 Å². The van der Waals surface area contributed by atoms with Gasteiger partial charge in [0, 0.05) is 45.5 Å². The van der Waals surface area contributed by atoms with Gasteiger partial charge in [-0.05, 0) is 25.0 Å². The Labute approximate surface area is 156 Å². The Balaban J connectivity index is 1.37. The van der Waals surface area contributed by atoms with Crippen molar-refractivity contribution in [1.29, 1.82) is 0 Å². The maximum absolute atomic E-state index is 12.6. The van der Waals surface area contributed by atoms with Gasteiger partial charge in [-0.1, -0.05) is 11.3 Å². The van der Waals surface area contributed by atoms with Crippen molar-refractivity contribution in [3.8, 4) is 5.13 Å². The summed E-state index contributed by atoms with van der Waals surface area (Å²) in [5, 5.41) is 13.3. The summed E-state index contributed by atoms with van der Waals surface area (Å²) in [6.07, 6.45) is 4.27. The first-order valence-electron chi connectivity index (χ1n) is 9.16. The van der Waals surface area contributed by atoms with E-state index in [2.05, 4.69) is 25.3 Å². The fourth-order valence-corrected chi connectivity index (χ4v) is 4.21. The van der Waals surface area contributed by atoms with E-state index in [9.17, 15) is 4.79 Å². The predicted molar refractivity (Wildman–Crippen MR) is 100 cm³/mol. The van der Waals surface area contributed by atoms with E-state index in [4.69, 9.17) is 4.74 Å². The van der Waals surface area contributed by atoms with Gasteiger partial charge in [0.05, 0.1) is 13.2 Å². The molecule has 2 fully saturated rings. The third-order valence-electron chi connectivity index (χ3n) is 4.79. The molecule has 26 heavy (non-hydrogen) atoms. The number of nitrogens with zero attached hydrogens (tertiary/aromatic N) is 5. The molecule has 8 nitrogen and oxygen atoms in total. The average molecular weight is 376 g/mol. The Hall–Kier alpha value is -1.97. The topological polar surface area (TPSA) is 75.5 Å². The van der Waals surface area contributed by atoms with E-state index in [-0.39, 0.29) is 5.91 Å². The Kier molecular flexibility index (Phi) is 5.47. The van der Waals surface area contributed by atoms with Gasteiger partial charge in [-0.25, -0.2) is 0 Å². The predicted octanol–water partition coefficient (Wildman–Crippen LogP) is 0.991. The van der Waals surface area contributed by atoms with Gasteiger partial charge in [0.15, 0.2) is 0 Å². The van der Waals surface area contributed by atoms with Crippen LogP contribution in [0.15, 0.2) is 18.3 Å². The van der Waals surface area contributed by atoms with Gasteiger partial charge in [-0.15, -0.1) is 10.2 Å². The largest absolute Gasteiger partial charge is 0.379 e. The van der Waals surface area contributed by atoms with Gasteiger partial charge >= 0.3 is 0 Å². The van der Waals surface area contributed by atoms with Crippen molar-refractivity contribution in [2.45, 2.75) is 12.8 Å². The van der Waals surface area contributed by atoms with Crippen molar-refractivity contribution in [3.05, 3.63) is 24.0 Å². The molecule has 4 rings (SSSR count). The molecule has 0 spiro atoms. The number of nitrogens with one attached hydrogen (secondary N) is 1. The molecular formula is C17H24N6O2S. The summed E-state index contributed by atoms with van der Waals surface area (Å²) in [6, 6.07) is 3.69. The van der Waals surface area contributed by atoms with Crippen LogP contribution in [0.2, 0.25) is 0 Å². The summed E-state index contributed by atoms with van der Waals surface area (Å²) >= 11 is 1.53.